The Kier molecular flexibility index (Phi) is 7.51. The Morgan fingerprint density at radius 3 is 1.97 bits per heavy atom. The number of hydrogen-bond acceptors (Lipinski definition) is 4. The van der Waals surface area contributed by atoms with Gasteiger partial charge in [0.05, 0.1) is 7.16 Å². The van der Waals surface area contributed by atoms with Crippen molar-refractivity contribution >= 4 is 112 Å². The van der Waals surface area contributed by atoms with Gasteiger partial charge in [0.1, 0.15) is 4.90 Å². The van der Waals surface area contributed by atoms with Gasteiger partial charge in [0.15, 0.2) is 0 Å². The normalized spacial score (nSPS) is 14.5. The Morgan fingerprint density at radius 2 is 1.45 bits per heavy atom. The van der Waals surface area contributed by atoms with E-state index in [0.29, 0.717) is 31.0 Å². The Labute approximate surface area is 222 Å². The molecule has 0 fully saturated rings. The first-order valence-corrected chi connectivity index (χ1v) is 13.5. The van der Waals surface area contributed by atoms with Crippen molar-refractivity contribution in [3.05, 3.63) is 79.6 Å². The van der Waals surface area contributed by atoms with Crippen molar-refractivity contribution in [1.82, 2.24) is 0 Å². The Balaban J connectivity index is 2.47. The van der Waals surface area contributed by atoms with Crippen molar-refractivity contribution < 1.29 is 22.9 Å². The van der Waals surface area contributed by atoms with Gasteiger partial charge < -0.3 is 5.11 Å². The summed E-state index contributed by atoms with van der Waals surface area (Å²) >= 11 is 7.76. The minimum absolute atomic E-state index is 0.114. The fourth-order valence-electron chi connectivity index (χ4n) is 2.78. The highest BCUT2D eigenvalue weighted by atomic mass is 127. The Hall–Kier alpha value is -0.0400. The number of ketones is 1. The van der Waals surface area contributed by atoms with E-state index in [1.54, 1.807) is 36.4 Å². The topological polar surface area (TPSA) is 94.5 Å². The molecule has 3 rings (SSSR count). The molecule has 0 bridgehead atoms. The van der Waals surface area contributed by atoms with Crippen molar-refractivity contribution in [3.63, 3.8) is 0 Å². The van der Waals surface area contributed by atoms with E-state index in [1.807, 2.05) is 90.4 Å². The van der Waals surface area contributed by atoms with Gasteiger partial charge in [-0.15, -0.1) is 0 Å². The molecule has 5 nitrogen and oxygen atoms in total. The number of rotatable bonds is 3. The fraction of sp³-hybridized carbons (Fsp3) is 0. The van der Waals surface area contributed by atoms with Gasteiger partial charge >= 0.3 is 0 Å². The third-order valence-corrected chi connectivity index (χ3v) is 8.13. The molecular formula is C19H9I4O5S-. The third-order valence-electron chi connectivity index (χ3n) is 4.01. The molecule has 0 atom stereocenters. The van der Waals surface area contributed by atoms with Gasteiger partial charge in [-0.1, -0.05) is 23.9 Å². The molecule has 1 N–H and O–H groups in total. The second-order valence-corrected chi connectivity index (χ2v) is 11.9. The quantitative estimate of drug-likeness (QED) is 0.337. The van der Waals surface area contributed by atoms with Crippen molar-refractivity contribution in [3.8, 4) is 5.75 Å². The summed E-state index contributed by atoms with van der Waals surface area (Å²) < 4.78 is 35.8. The van der Waals surface area contributed by atoms with Crippen molar-refractivity contribution in [2.75, 3.05) is 0 Å². The molecule has 10 heteroatoms. The van der Waals surface area contributed by atoms with Crippen LogP contribution in [0.4, 0.5) is 0 Å². The van der Waals surface area contributed by atoms with Crippen molar-refractivity contribution in [1.29, 1.82) is 0 Å². The molecular weight excluding hydrogens is 848 g/mol. The molecule has 0 saturated heterocycles. The largest absolute Gasteiger partial charge is 0.871 e. The lowest BCUT2D eigenvalue weighted by Crippen LogP contribution is -2.08. The molecule has 0 unspecified atom stereocenters. The van der Waals surface area contributed by atoms with E-state index >= 15 is 0 Å². The van der Waals surface area contributed by atoms with Gasteiger partial charge in [-0.05, 0) is 137 Å². The number of allylic oxidation sites excluding steroid dienone is 5. The number of carbonyl (C=O) groups excluding carboxylic acids is 1. The summed E-state index contributed by atoms with van der Waals surface area (Å²) in [5, 5.41) is 12.2. The van der Waals surface area contributed by atoms with Crippen LogP contribution in [-0.4, -0.2) is 18.8 Å². The first-order valence-electron chi connectivity index (χ1n) is 7.77. The van der Waals surface area contributed by atoms with Gasteiger partial charge in [-0.3, -0.25) is 9.35 Å². The highest BCUT2D eigenvalue weighted by Gasteiger charge is 2.24. The number of hydrogen-bond donors (Lipinski definition) is 1. The van der Waals surface area contributed by atoms with Crippen LogP contribution in [0.3, 0.4) is 0 Å². The summed E-state index contributed by atoms with van der Waals surface area (Å²) in [4.78, 5) is 11.9. The van der Waals surface area contributed by atoms with Crippen LogP contribution in [0, 0.1) is 7.14 Å². The van der Waals surface area contributed by atoms with E-state index < -0.39 is 10.1 Å². The molecule has 0 heterocycles. The molecule has 0 aromatic heterocycles. The van der Waals surface area contributed by atoms with Crippen LogP contribution in [0.1, 0.15) is 11.1 Å². The number of benzene rings is 2. The van der Waals surface area contributed by atoms with E-state index in [-0.39, 0.29) is 22.0 Å². The van der Waals surface area contributed by atoms with Crippen LogP contribution >= 0.6 is 90.4 Å². The van der Waals surface area contributed by atoms with Crippen LogP contribution in [0.15, 0.2) is 66.2 Å². The number of halogens is 4. The summed E-state index contributed by atoms with van der Waals surface area (Å²) in [6.45, 7) is 0. The summed E-state index contributed by atoms with van der Waals surface area (Å²) in [5.41, 5.74) is 2.01. The smallest absolute Gasteiger partial charge is 0.295 e. The standard InChI is InChI=1S/C19H10I4O5S/c20-12-5-9(6-13(21)18(12)24)17(10-7-14(22)19(25)15(23)8-10)11-3-1-2-4-16(11)29(26,27)28/h1-8,24H,(H,26,27,28)/p-1. The molecule has 0 saturated carbocycles. The Bertz CT molecular complexity index is 1200. The summed E-state index contributed by atoms with van der Waals surface area (Å²) in [7, 11) is -4.50. The predicted molar refractivity (Wildman–Crippen MR) is 143 cm³/mol. The minimum Gasteiger partial charge on any atom is -0.871 e. The van der Waals surface area contributed by atoms with Crippen LogP contribution in [0.2, 0.25) is 0 Å². The first-order chi connectivity index (χ1) is 13.5. The van der Waals surface area contributed by atoms with Gasteiger partial charge in [0.25, 0.3) is 10.1 Å². The zero-order valence-electron chi connectivity index (χ0n) is 14.1. The second-order valence-electron chi connectivity index (χ2n) is 5.88. The van der Waals surface area contributed by atoms with Gasteiger partial charge in [0.2, 0.25) is 5.78 Å². The molecule has 0 aliphatic heterocycles. The molecule has 2 aromatic rings. The molecule has 1 aliphatic carbocycles. The number of Topliss-reactive ketones (excluding diaryl/α,β-unsaturated/α-hetero) is 1. The van der Waals surface area contributed by atoms with Gasteiger partial charge in [0, 0.05) is 12.7 Å². The predicted octanol–water partition coefficient (Wildman–Crippen LogP) is 5.24. The zero-order valence-corrected chi connectivity index (χ0v) is 23.6. The molecule has 0 spiro atoms. The molecule has 29 heavy (non-hydrogen) atoms. The van der Waals surface area contributed by atoms with Crippen molar-refractivity contribution in [2.45, 2.75) is 4.90 Å². The maximum Gasteiger partial charge on any atom is 0.295 e. The highest BCUT2D eigenvalue weighted by molar-refractivity contribution is 14.1. The molecule has 150 valence electrons. The van der Waals surface area contributed by atoms with Crippen molar-refractivity contribution in [2.24, 2.45) is 0 Å². The first kappa shape index (κ1) is 23.6. The van der Waals surface area contributed by atoms with Gasteiger partial charge in [-0.25, -0.2) is 0 Å². The lowest BCUT2D eigenvalue weighted by Gasteiger charge is -2.20. The SMILES string of the molecule is O=C1C(I)=CC(=C(c2cc(I)c([O-])c(I)c2)c2ccccc2S(=O)(=O)O)C=C1I. The maximum atomic E-state index is 12.2. The van der Waals surface area contributed by atoms with E-state index in [9.17, 15) is 22.9 Å². The van der Waals surface area contributed by atoms with E-state index in [4.69, 9.17) is 0 Å². The zero-order chi connectivity index (χ0) is 21.5. The fourth-order valence-corrected chi connectivity index (χ4v) is 7.02. The molecule has 0 amide bonds. The minimum atomic E-state index is -4.50. The monoisotopic (exact) mass is 857 g/mol. The summed E-state index contributed by atoms with van der Waals surface area (Å²) in [5.74, 6) is -0.229. The second kappa shape index (κ2) is 9.22. The van der Waals surface area contributed by atoms with E-state index in [1.165, 1.54) is 12.1 Å². The highest BCUT2D eigenvalue weighted by Crippen LogP contribution is 2.39. The number of carbonyl (C=O) groups is 1. The third kappa shape index (κ3) is 5.07. The van der Waals surface area contributed by atoms with Crippen LogP contribution in [-0.2, 0) is 14.9 Å². The van der Waals surface area contributed by atoms with Crippen LogP contribution in [0.25, 0.3) is 5.57 Å². The summed E-state index contributed by atoms with van der Waals surface area (Å²) in [6.07, 6.45) is 3.35. The van der Waals surface area contributed by atoms with Gasteiger partial charge in [-0.2, -0.15) is 8.42 Å². The summed E-state index contributed by atoms with van der Waals surface area (Å²) in [6, 6.07) is 9.44. The average molecular weight is 857 g/mol. The molecule has 1 aliphatic rings. The molecule has 0 radical (unpaired) electrons. The van der Waals surface area contributed by atoms with E-state index in [2.05, 4.69) is 0 Å². The van der Waals surface area contributed by atoms with E-state index in [0.717, 1.165) is 0 Å². The lowest BCUT2D eigenvalue weighted by atomic mass is 9.91. The van der Waals surface area contributed by atoms with Crippen LogP contribution < -0.4 is 5.11 Å². The maximum absolute atomic E-state index is 12.2. The lowest BCUT2D eigenvalue weighted by molar-refractivity contribution is -0.271. The van der Waals surface area contributed by atoms with Crippen LogP contribution in [0.5, 0.6) is 5.75 Å². The molecule has 2 aromatic carbocycles. The Morgan fingerprint density at radius 1 is 0.931 bits per heavy atom. The average Bonchev–Trinajstić information content (AvgIpc) is 2.64.